The number of aromatic nitrogens is 2. The first kappa shape index (κ1) is 16.7. The van der Waals surface area contributed by atoms with Crippen molar-refractivity contribution in [3.63, 3.8) is 0 Å². The van der Waals surface area contributed by atoms with Crippen LogP contribution in [0.2, 0.25) is 0 Å². The van der Waals surface area contributed by atoms with Crippen LogP contribution in [0.1, 0.15) is 11.1 Å². The van der Waals surface area contributed by atoms with Crippen molar-refractivity contribution < 1.29 is 13.2 Å². The zero-order valence-electron chi connectivity index (χ0n) is 13.4. The number of aromatic amines is 1. The van der Waals surface area contributed by atoms with Gasteiger partial charge in [-0.3, -0.25) is 9.52 Å². The lowest BCUT2D eigenvalue weighted by Crippen LogP contribution is -2.12. The van der Waals surface area contributed by atoms with E-state index in [9.17, 15) is 13.2 Å². The van der Waals surface area contributed by atoms with Crippen molar-refractivity contribution in [1.29, 1.82) is 0 Å². The van der Waals surface area contributed by atoms with Crippen LogP contribution in [-0.2, 0) is 14.8 Å². The van der Waals surface area contributed by atoms with Gasteiger partial charge in [-0.2, -0.15) is 0 Å². The second-order valence-corrected chi connectivity index (χ2v) is 7.25. The van der Waals surface area contributed by atoms with Gasteiger partial charge in [-0.1, -0.05) is 30.3 Å². The molecule has 1 amide bonds. The lowest BCUT2D eigenvalue weighted by molar-refractivity contribution is -0.112. The number of hydrogen-bond donors (Lipinski definition) is 3. The first-order chi connectivity index (χ1) is 11.8. The summed E-state index contributed by atoms with van der Waals surface area (Å²) in [6, 6.07) is 12.4. The highest BCUT2D eigenvalue weighted by molar-refractivity contribution is 7.92. The third-order valence-corrected chi connectivity index (χ3v) is 4.09. The number of hydrogen-bond acceptors (Lipinski definition) is 4. The van der Waals surface area contributed by atoms with E-state index in [2.05, 4.69) is 14.7 Å². The summed E-state index contributed by atoms with van der Waals surface area (Å²) in [5.41, 5.74) is 7.83. The predicted octanol–water partition coefficient (Wildman–Crippen LogP) is 1.96. The van der Waals surface area contributed by atoms with Gasteiger partial charge in [0, 0.05) is 22.7 Å². The molecule has 0 saturated heterocycles. The van der Waals surface area contributed by atoms with Gasteiger partial charge in [0.1, 0.15) is 11.5 Å². The van der Waals surface area contributed by atoms with Gasteiger partial charge in [-0.05, 0) is 23.8 Å². The van der Waals surface area contributed by atoms with E-state index in [0.29, 0.717) is 16.8 Å². The molecule has 8 heteroatoms. The highest BCUT2D eigenvalue weighted by Crippen LogP contribution is 2.24. The summed E-state index contributed by atoms with van der Waals surface area (Å²) in [5, 5.41) is 0.744. The fourth-order valence-corrected chi connectivity index (χ4v) is 2.96. The molecule has 128 valence electrons. The fourth-order valence-electron chi connectivity index (χ4n) is 2.46. The Morgan fingerprint density at radius 2 is 1.92 bits per heavy atom. The van der Waals surface area contributed by atoms with Crippen molar-refractivity contribution in [2.45, 2.75) is 0 Å². The van der Waals surface area contributed by atoms with Crippen molar-refractivity contribution in [3.05, 3.63) is 59.8 Å². The molecule has 3 aromatic rings. The molecule has 25 heavy (non-hydrogen) atoms. The lowest BCUT2D eigenvalue weighted by Gasteiger charge is -2.04. The van der Waals surface area contributed by atoms with Crippen LogP contribution in [0.5, 0.6) is 0 Å². The Morgan fingerprint density at radius 3 is 2.56 bits per heavy atom. The van der Waals surface area contributed by atoms with Crippen LogP contribution in [0.3, 0.4) is 0 Å². The summed E-state index contributed by atoms with van der Waals surface area (Å²) in [7, 11) is -3.40. The Bertz CT molecular complexity index is 1070. The van der Waals surface area contributed by atoms with Crippen LogP contribution < -0.4 is 10.5 Å². The second-order valence-electron chi connectivity index (χ2n) is 5.50. The molecule has 0 saturated carbocycles. The van der Waals surface area contributed by atoms with Gasteiger partial charge in [-0.15, -0.1) is 0 Å². The van der Waals surface area contributed by atoms with Crippen molar-refractivity contribution in [2.75, 3.05) is 11.0 Å². The molecule has 0 spiro atoms. The van der Waals surface area contributed by atoms with Crippen LogP contribution in [0.15, 0.2) is 48.7 Å². The smallest absolute Gasteiger partial charge is 0.249 e. The van der Waals surface area contributed by atoms with E-state index in [1.54, 1.807) is 36.5 Å². The van der Waals surface area contributed by atoms with E-state index in [1.807, 2.05) is 18.2 Å². The Labute approximate surface area is 144 Å². The number of amides is 1. The molecule has 0 atom stereocenters. The first-order valence-electron chi connectivity index (χ1n) is 7.36. The van der Waals surface area contributed by atoms with Crippen LogP contribution in [-0.4, -0.2) is 30.5 Å². The number of H-pyrrole nitrogens is 1. The number of primary amides is 1. The van der Waals surface area contributed by atoms with E-state index in [0.717, 1.165) is 17.2 Å². The summed E-state index contributed by atoms with van der Waals surface area (Å²) in [6.07, 6.45) is 4.43. The zero-order chi connectivity index (χ0) is 18.0. The van der Waals surface area contributed by atoms with Gasteiger partial charge in [0.15, 0.2) is 0 Å². The van der Waals surface area contributed by atoms with Crippen LogP contribution >= 0.6 is 0 Å². The standard InChI is InChI=1S/C17H16N4O3S/c1-25(23,24)21-15-8-7-13-12(10-19-17(13)20-15)9-14(16(18)22)11-5-3-2-4-6-11/h2-10H,1H3,(H2,18,22)(H2,19,20,21)/b14-9+. The molecule has 0 bridgehead atoms. The topological polar surface area (TPSA) is 118 Å². The molecule has 7 nitrogen and oxygen atoms in total. The summed E-state index contributed by atoms with van der Waals surface area (Å²) < 4.78 is 24.9. The highest BCUT2D eigenvalue weighted by atomic mass is 32.2. The van der Waals surface area contributed by atoms with Gasteiger partial charge in [0.2, 0.25) is 15.9 Å². The average molecular weight is 356 g/mol. The number of carbonyl (C=O) groups is 1. The molecule has 4 N–H and O–H groups in total. The number of anilines is 1. The quantitative estimate of drug-likeness (QED) is 0.606. The first-order valence-corrected chi connectivity index (χ1v) is 9.25. The van der Waals surface area contributed by atoms with Gasteiger partial charge < -0.3 is 10.7 Å². The molecule has 0 aliphatic rings. The predicted molar refractivity (Wildman–Crippen MR) is 98.1 cm³/mol. The van der Waals surface area contributed by atoms with Gasteiger partial charge >= 0.3 is 0 Å². The number of nitrogens with zero attached hydrogens (tertiary/aromatic N) is 1. The molecule has 0 aliphatic heterocycles. The Balaban J connectivity index is 2.05. The number of pyridine rings is 1. The minimum atomic E-state index is -3.40. The Kier molecular flexibility index (Phi) is 4.28. The van der Waals surface area contributed by atoms with Crippen LogP contribution in [0.4, 0.5) is 5.82 Å². The molecule has 0 fully saturated rings. The molecule has 0 unspecified atom stereocenters. The SMILES string of the molecule is CS(=O)(=O)Nc1ccc2c(/C=C(/C(N)=O)c3ccccc3)c[nH]c2n1. The van der Waals surface area contributed by atoms with E-state index in [4.69, 9.17) is 5.73 Å². The van der Waals surface area contributed by atoms with E-state index >= 15 is 0 Å². The van der Waals surface area contributed by atoms with Crippen molar-refractivity contribution in [2.24, 2.45) is 5.73 Å². The lowest BCUT2D eigenvalue weighted by atomic mass is 10.0. The molecular weight excluding hydrogens is 340 g/mol. The van der Waals surface area contributed by atoms with E-state index in [-0.39, 0.29) is 5.82 Å². The number of rotatable bonds is 5. The number of nitrogens with one attached hydrogen (secondary N) is 2. The summed E-state index contributed by atoms with van der Waals surface area (Å²) >= 11 is 0. The third kappa shape index (κ3) is 3.86. The molecule has 1 aromatic carbocycles. The highest BCUT2D eigenvalue weighted by Gasteiger charge is 2.11. The van der Waals surface area contributed by atoms with Crippen LogP contribution in [0, 0.1) is 0 Å². The normalized spacial score (nSPS) is 12.3. The molecule has 2 aromatic heterocycles. The Hall–Kier alpha value is -3.13. The number of benzene rings is 1. The maximum Gasteiger partial charge on any atom is 0.249 e. The molecule has 2 heterocycles. The van der Waals surface area contributed by atoms with Crippen molar-refractivity contribution in [3.8, 4) is 0 Å². The minimum Gasteiger partial charge on any atom is -0.366 e. The second kappa shape index (κ2) is 6.40. The van der Waals surface area contributed by atoms with Gasteiger partial charge in [0.25, 0.3) is 0 Å². The summed E-state index contributed by atoms with van der Waals surface area (Å²) in [5.74, 6) is -0.325. The van der Waals surface area contributed by atoms with E-state index < -0.39 is 15.9 Å². The van der Waals surface area contributed by atoms with Crippen molar-refractivity contribution >= 4 is 44.4 Å². The van der Waals surface area contributed by atoms with Crippen LogP contribution in [0.25, 0.3) is 22.7 Å². The Morgan fingerprint density at radius 1 is 1.20 bits per heavy atom. The fraction of sp³-hybridized carbons (Fsp3) is 0.0588. The van der Waals surface area contributed by atoms with Gasteiger partial charge in [0.05, 0.1) is 6.26 Å². The largest absolute Gasteiger partial charge is 0.366 e. The number of carbonyl (C=O) groups excluding carboxylic acids is 1. The number of fused-ring (bicyclic) bond motifs is 1. The van der Waals surface area contributed by atoms with Crippen molar-refractivity contribution in [1.82, 2.24) is 9.97 Å². The monoisotopic (exact) mass is 356 g/mol. The van der Waals surface area contributed by atoms with E-state index in [1.165, 1.54) is 0 Å². The maximum atomic E-state index is 11.8. The average Bonchev–Trinajstić information content (AvgIpc) is 2.93. The number of sulfonamides is 1. The summed E-state index contributed by atoms with van der Waals surface area (Å²) in [4.78, 5) is 19.0. The minimum absolute atomic E-state index is 0.213. The molecule has 0 aliphatic carbocycles. The molecule has 0 radical (unpaired) electrons. The maximum absolute atomic E-state index is 11.8. The molecule has 3 rings (SSSR count). The third-order valence-electron chi connectivity index (χ3n) is 3.51. The number of nitrogens with two attached hydrogens (primary N) is 1. The molecular formula is C17H16N4O3S. The van der Waals surface area contributed by atoms with Gasteiger partial charge in [-0.25, -0.2) is 13.4 Å². The summed E-state index contributed by atoms with van der Waals surface area (Å²) in [6.45, 7) is 0. The zero-order valence-corrected chi connectivity index (χ0v) is 14.2.